The van der Waals surface area contributed by atoms with Crippen molar-refractivity contribution in [2.45, 2.75) is 12.3 Å². The molecule has 0 bridgehead atoms. The van der Waals surface area contributed by atoms with Crippen LogP contribution in [0.2, 0.25) is 5.02 Å². The molecule has 1 aromatic rings. The number of benzene rings is 1. The van der Waals surface area contributed by atoms with Gasteiger partial charge in [0.15, 0.2) is 6.61 Å². The van der Waals surface area contributed by atoms with Crippen molar-refractivity contribution < 1.29 is 27.4 Å². The van der Waals surface area contributed by atoms with Crippen LogP contribution in [-0.4, -0.2) is 44.5 Å². The standard InChI is InChI=1S/C13H14ClF3N2O3.ClH/c14-8-1-2-9(10(5-8)22-7-13(15,16)17)19-12(20)11-6-18-3-4-21-11;/h1-2,5,11,18H,3-4,6-7H2,(H,19,20);1H. The highest BCUT2D eigenvalue weighted by atomic mass is 35.5. The first-order valence-electron chi connectivity index (χ1n) is 6.47. The highest BCUT2D eigenvalue weighted by molar-refractivity contribution is 6.30. The first kappa shape index (κ1) is 19.8. The van der Waals surface area contributed by atoms with Crippen LogP contribution in [0.1, 0.15) is 0 Å². The first-order chi connectivity index (χ1) is 10.3. The molecule has 1 amide bonds. The Bertz CT molecular complexity index is 538. The lowest BCUT2D eigenvalue weighted by atomic mass is 10.2. The highest BCUT2D eigenvalue weighted by Crippen LogP contribution is 2.30. The largest absolute Gasteiger partial charge is 0.482 e. The Morgan fingerprint density at radius 1 is 1.48 bits per heavy atom. The summed E-state index contributed by atoms with van der Waals surface area (Å²) in [6.07, 6.45) is -5.19. The van der Waals surface area contributed by atoms with Crippen LogP contribution < -0.4 is 15.4 Å². The molecule has 1 aromatic carbocycles. The number of carbonyl (C=O) groups is 1. The minimum Gasteiger partial charge on any atom is -0.482 e. The molecule has 1 aliphatic heterocycles. The van der Waals surface area contributed by atoms with Gasteiger partial charge >= 0.3 is 6.18 Å². The van der Waals surface area contributed by atoms with Crippen LogP contribution in [0.3, 0.4) is 0 Å². The van der Waals surface area contributed by atoms with Gasteiger partial charge in [0, 0.05) is 24.2 Å². The van der Waals surface area contributed by atoms with Gasteiger partial charge in [-0.25, -0.2) is 0 Å². The zero-order valence-electron chi connectivity index (χ0n) is 11.8. The van der Waals surface area contributed by atoms with Gasteiger partial charge in [0.25, 0.3) is 5.91 Å². The van der Waals surface area contributed by atoms with Gasteiger partial charge in [-0.3, -0.25) is 4.79 Å². The summed E-state index contributed by atoms with van der Waals surface area (Å²) < 4.78 is 46.7. The lowest BCUT2D eigenvalue weighted by molar-refractivity contribution is -0.153. The Kier molecular flexibility index (Phi) is 7.40. The molecule has 10 heteroatoms. The zero-order valence-corrected chi connectivity index (χ0v) is 13.4. The predicted octanol–water partition coefficient (Wildman–Crippen LogP) is 2.63. The third-order valence-corrected chi connectivity index (χ3v) is 3.05. The van der Waals surface area contributed by atoms with Crippen LogP contribution in [0.5, 0.6) is 5.75 Å². The molecule has 1 fully saturated rings. The van der Waals surface area contributed by atoms with Gasteiger partial charge in [-0.05, 0) is 12.1 Å². The number of hydrogen-bond donors (Lipinski definition) is 2. The Labute approximate surface area is 141 Å². The van der Waals surface area contributed by atoms with Gasteiger partial charge in [0.05, 0.1) is 12.3 Å². The Hall–Kier alpha value is -1.22. The van der Waals surface area contributed by atoms with Crippen LogP contribution in [0.4, 0.5) is 18.9 Å². The molecule has 0 radical (unpaired) electrons. The normalized spacial score (nSPS) is 18.0. The van der Waals surface area contributed by atoms with Gasteiger partial charge in [0.1, 0.15) is 11.9 Å². The summed E-state index contributed by atoms with van der Waals surface area (Å²) in [4.78, 5) is 12.0. The van der Waals surface area contributed by atoms with E-state index in [1.165, 1.54) is 18.2 Å². The SMILES string of the molecule is Cl.O=C(Nc1ccc(Cl)cc1OCC(F)(F)F)C1CNCCO1. The molecule has 0 aromatic heterocycles. The smallest absolute Gasteiger partial charge is 0.422 e. The molecule has 130 valence electrons. The van der Waals surface area contributed by atoms with Crippen molar-refractivity contribution in [2.24, 2.45) is 0 Å². The fraction of sp³-hybridized carbons (Fsp3) is 0.462. The topological polar surface area (TPSA) is 59.6 Å². The maximum atomic E-state index is 12.3. The minimum absolute atomic E-state index is 0. The molecule has 0 saturated carbocycles. The molecular weight excluding hydrogens is 360 g/mol. The van der Waals surface area contributed by atoms with Crippen molar-refractivity contribution in [1.82, 2.24) is 5.32 Å². The second-order valence-electron chi connectivity index (χ2n) is 4.60. The van der Waals surface area contributed by atoms with Gasteiger partial charge in [-0.15, -0.1) is 12.4 Å². The highest BCUT2D eigenvalue weighted by Gasteiger charge is 2.29. The fourth-order valence-electron chi connectivity index (χ4n) is 1.83. The maximum Gasteiger partial charge on any atom is 0.422 e. The quantitative estimate of drug-likeness (QED) is 0.850. The van der Waals surface area contributed by atoms with Crippen molar-refractivity contribution in [3.63, 3.8) is 0 Å². The number of ether oxygens (including phenoxy) is 2. The monoisotopic (exact) mass is 374 g/mol. The molecule has 1 saturated heterocycles. The summed E-state index contributed by atoms with van der Waals surface area (Å²) >= 11 is 5.74. The van der Waals surface area contributed by atoms with Gasteiger partial charge < -0.3 is 20.1 Å². The Morgan fingerprint density at radius 2 is 2.22 bits per heavy atom. The minimum atomic E-state index is -4.49. The lowest BCUT2D eigenvalue weighted by Crippen LogP contribution is -2.45. The summed E-state index contributed by atoms with van der Waals surface area (Å²) in [6, 6.07) is 4.03. The van der Waals surface area contributed by atoms with E-state index in [9.17, 15) is 18.0 Å². The van der Waals surface area contributed by atoms with Gasteiger partial charge in [0.2, 0.25) is 0 Å². The summed E-state index contributed by atoms with van der Waals surface area (Å²) in [6.45, 7) is -0.114. The van der Waals surface area contributed by atoms with Crippen LogP contribution in [0.15, 0.2) is 18.2 Å². The number of rotatable bonds is 4. The van der Waals surface area contributed by atoms with Crippen LogP contribution in [0, 0.1) is 0 Å². The summed E-state index contributed by atoms with van der Waals surface area (Å²) in [7, 11) is 0. The van der Waals surface area contributed by atoms with Gasteiger partial charge in [-0.1, -0.05) is 11.6 Å². The van der Waals surface area contributed by atoms with Crippen molar-refractivity contribution >= 4 is 35.6 Å². The first-order valence-corrected chi connectivity index (χ1v) is 6.85. The van der Waals surface area contributed by atoms with E-state index in [1.54, 1.807) is 0 Å². The molecule has 1 unspecified atom stereocenters. The third-order valence-electron chi connectivity index (χ3n) is 2.81. The van der Waals surface area contributed by atoms with E-state index in [1.807, 2.05) is 0 Å². The average molecular weight is 375 g/mol. The number of anilines is 1. The van der Waals surface area contributed by atoms with Crippen molar-refractivity contribution in [1.29, 1.82) is 0 Å². The van der Waals surface area contributed by atoms with E-state index in [0.29, 0.717) is 19.7 Å². The van der Waals surface area contributed by atoms with E-state index >= 15 is 0 Å². The van der Waals surface area contributed by atoms with Crippen molar-refractivity contribution in [2.75, 3.05) is 31.6 Å². The molecule has 2 N–H and O–H groups in total. The third kappa shape index (κ3) is 6.42. The number of hydrogen-bond acceptors (Lipinski definition) is 4. The average Bonchev–Trinajstić information content (AvgIpc) is 2.47. The van der Waals surface area contributed by atoms with E-state index in [4.69, 9.17) is 21.1 Å². The van der Waals surface area contributed by atoms with Gasteiger partial charge in [-0.2, -0.15) is 13.2 Å². The summed E-state index contributed by atoms with van der Waals surface area (Å²) in [5, 5.41) is 5.67. The molecule has 5 nitrogen and oxygen atoms in total. The van der Waals surface area contributed by atoms with Crippen molar-refractivity contribution in [3.8, 4) is 5.75 Å². The molecule has 0 spiro atoms. The second-order valence-corrected chi connectivity index (χ2v) is 5.03. The van der Waals surface area contributed by atoms with E-state index in [-0.39, 0.29) is 28.9 Å². The zero-order chi connectivity index (χ0) is 16.2. The van der Waals surface area contributed by atoms with Crippen LogP contribution >= 0.6 is 24.0 Å². The van der Waals surface area contributed by atoms with E-state index in [0.717, 1.165) is 0 Å². The molecule has 23 heavy (non-hydrogen) atoms. The number of alkyl halides is 3. The van der Waals surface area contributed by atoms with Crippen LogP contribution in [0.25, 0.3) is 0 Å². The number of morpholine rings is 1. The predicted molar refractivity (Wildman–Crippen MR) is 81.5 cm³/mol. The second kappa shape index (κ2) is 8.58. The molecule has 2 rings (SSSR count). The van der Waals surface area contributed by atoms with E-state index in [2.05, 4.69) is 10.6 Å². The summed E-state index contributed by atoms with van der Waals surface area (Å²) in [5.41, 5.74) is 0.104. The Morgan fingerprint density at radius 3 is 2.83 bits per heavy atom. The number of carbonyl (C=O) groups excluding carboxylic acids is 1. The Balaban J connectivity index is 0.00000264. The van der Waals surface area contributed by atoms with E-state index < -0.39 is 24.8 Å². The molecule has 1 heterocycles. The fourth-order valence-corrected chi connectivity index (χ4v) is 1.99. The molecule has 1 atom stereocenters. The van der Waals surface area contributed by atoms with Crippen molar-refractivity contribution in [3.05, 3.63) is 23.2 Å². The number of nitrogens with one attached hydrogen (secondary N) is 2. The molecular formula is C13H15Cl2F3N2O3. The summed E-state index contributed by atoms with van der Waals surface area (Å²) in [5.74, 6) is -0.617. The number of amides is 1. The number of halogens is 5. The maximum absolute atomic E-state index is 12.3. The lowest BCUT2D eigenvalue weighted by Gasteiger charge is -2.23. The van der Waals surface area contributed by atoms with Crippen LogP contribution in [-0.2, 0) is 9.53 Å². The molecule has 0 aliphatic carbocycles. The molecule has 1 aliphatic rings.